The number of phenolic OH excluding ortho intramolecular Hbond substituents is 1. The summed E-state index contributed by atoms with van der Waals surface area (Å²) in [7, 11) is 0. The Kier molecular flexibility index (Phi) is 4.28. The normalized spacial score (nSPS) is 17.3. The smallest absolute Gasteiger partial charge is 0.227 e. The maximum absolute atomic E-state index is 12.3. The molecule has 0 aromatic heterocycles. The molecule has 0 radical (unpaired) electrons. The summed E-state index contributed by atoms with van der Waals surface area (Å²) < 4.78 is 0. The summed E-state index contributed by atoms with van der Waals surface area (Å²) in [6.45, 7) is 0.827. The van der Waals surface area contributed by atoms with Crippen LogP contribution in [0.1, 0.15) is 12.0 Å². The fourth-order valence-corrected chi connectivity index (χ4v) is 2.69. The van der Waals surface area contributed by atoms with Crippen molar-refractivity contribution in [2.45, 2.75) is 13.0 Å². The lowest BCUT2D eigenvalue weighted by Gasteiger charge is -2.16. The molecule has 3 rings (SSSR count). The molecule has 2 aromatic carbocycles. The van der Waals surface area contributed by atoms with Gasteiger partial charge in [0, 0.05) is 25.2 Å². The Morgan fingerprint density at radius 3 is 2.52 bits per heavy atom. The van der Waals surface area contributed by atoms with Crippen LogP contribution in [0.4, 0.5) is 5.69 Å². The molecule has 2 amide bonds. The number of carbonyl (C=O) groups is 2. The predicted molar refractivity (Wildman–Crippen MR) is 86.9 cm³/mol. The Morgan fingerprint density at radius 2 is 1.83 bits per heavy atom. The molecule has 5 heteroatoms. The summed E-state index contributed by atoms with van der Waals surface area (Å²) in [5.74, 6) is -0.378. The van der Waals surface area contributed by atoms with Gasteiger partial charge in [-0.05, 0) is 29.8 Å². The predicted octanol–water partition coefficient (Wildman–Crippen LogP) is 2.06. The molecule has 1 saturated heterocycles. The van der Waals surface area contributed by atoms with Crippen LogP contribution in [0.25, 0.3) is 0 Å². The Morgan fingerprint density at radius 1 is 1.13 bits per heavy atom. The van der Waals surface area contributed by atoms with Crippen LogP contribution in [0.5, 0.6) is 5.75 Å². The van der Waals surface area contributed by atoms with E-state index in [4.69, 9.17) is 0 Å². The number of hydrogen-bond donors (Lipinski definition) is 2. The second kappa shape index (κ2) is 6.52. The Balaban J connectivity index is 1.60. The molecule has 23 heavy (non-hydrogen) atoms. The number of nitrogens with zero attached hydrogens (tertiary/aromatic N) is 1. The molecule has 1 atom stereocenters. The van der Waals surface area contributed by atoms with E-state index < -0.39 is 0 Å². The van der Waals surface area contributed by atoms with E-state index in [1.807, 2.05) is 30.3 Å². The second-order valence-corrected chi connectivity index (χ2v) is 5.63. The van der Waals surface area contributed by atoms with Crippen molar-refractivity contribution in [3.8, 4) is 5.75 Å². The highest BCUT2D eigenvalue weighted by molar-refractivity contribution is 6.00. The molecular weight excluding hydrogens is 292 g/mol. The van der Waals surface area contributed by atoms with Crippen molar-refractivity contribution >= 4 is 17.5 Å². The van der Waals surface area contributed by atoms with Gasteiger partial charge in [0.2, 0.25) is 11.8 Å². The minimum Gasteiger partial charge on any atom is -0.508 e. The highest BCUT2D eigenvalue weighted by Gasteiger charge is 2.34. The van der Waals surface area contributed by atoms with E-state index in [-0.39, 0.29) is 29.9 Å². The molecule has 0 bridgehead atoms. The van der Waals surface area contributed by atoms with Crippen molar-refractivity contribution in [3.63, 3.8) is 0 Å². The number of hydrogen-bond acceptors (Lipinski definition) is 3. The second-order valence-electron chi connectivity index (χ2n) is 5.63. The van der Waals surface area contributed by atoms with Crippen molar-refractivity contribution in [2.75, 3.05) is 11.4 Å². The molecule has 1 aliphatic heterocycles. The first-order chi connectivity index (χ1) is 11.1. The van der Waals surface area contributed by atoms with E-state index in [0.29, 0.717) is 18.8 Å². The molecule has 1 heterocycles. The number of carbonyl (C=O) groups excluding carboxylic acids is 2. The van der Waals surface area contributed by atoms with Crippen LogP contribution in [0, 0.1) is 5.92 Å². The maximum atomic E-state index is 12.3. The first-order valence-electron chi connectivity index (χ1n) is 7.54. The number of nitrogens with one attached hydrogen (secondary N) is 1. The van der Waals surface area contributed by atoms with Gasteiger partial charge >= 0.3 is 0 Å². The quantitative estimate of drug-likeness (QED) is 0.908. The summed E-state index contributed by atoms with van der Waals surface area (Å²) in [5, 5.41) is 12.2. The zero-order valence-electron chi connectivity index (χ0n) is 12.6. The lowest BCUT2D eigenvalue weighted by molar-refractivity contribution is -0.126. The number of rotatable bonds is 4. The molecule has 0 unspecified atom stereocenters. The number of anilines is 1. The Bertz CT molecular complexity index is 698. The number of phenols is 1. The molecule has 2 N–H and O–H groups in total. The van der Waals surface area contributed by atoms with Crippen LogP contribution < -0.4 is 10.2 Å². The summed E-state index contributed by atoms with van der Waals surface area (Å²) in [6.07, 6.45) is 0.210. The van der Waals surface area contributed by atoms with E-state index >= 15 is 0 Å². The maximum Gasteiger partial charge on any atom is 0.227 e. The molecule has 0 spiro atoms. The number of benzene rings is 2. The van der Waals surface area contributed by atoms with Crippen molar-refractivity contribution in [1.29, 1.82) is 0 Å². The molecule has 5 nitrogen and oxygen atoms in total. The standard InChI is InChI=1S/C18H18N2O3/c21-16-8-6-15(7-9-16)20-12-14(10-17(20)22)18(23)19-11-13-4-2-1-3-5-13/h1-9,14,21H,10-12H2,(H,19,23)/t14-/m1/s1. The largest absolute Gasteiger partial charge is 0.508 e. The highest BCUT2D eigenvalue weighted by Crippen LogP contribution is 2.26. The van der Waals surface area contributed by atoms with Crippen LogP contribution in [-0.4, -0.2) is 23.5 Å². The van der Waals surface area contributed by atoms with Crippen LogP contribution in [0.3, 0.4) is 0 Å². The lowest BCUT2D eigenvalue weighted by atomic mass is 10.1. The van der Waals surface area contributed by atoms with Crippen LogP contribution in [0.15, 0.2) is 54.6 Å². The minimum absolute atomic E-state index is 0.0736. The van der Waals surface area contributed by atoms with Crippen molar-refractivity contribution in [2.24, 2.45) is 5.92 Å². The van der Waals surface area contributed by atoms with Gasteiger partial charge in [-0.3, -0.25) is 9.59 Å². The first kappa shape index (κ1) is 15.1. The summed E-state index contributed by atoms with van der Waals surface area (Å²) in [5.41, 5.74) is 1.73. The third kappa shape index (κ3) is 3.51. The van der Waals surface area contributed by atoms with E-state index in [2.05, 4.69) is 5.32 Å². The fraction of sp³-hybridized carbons (Fsp3) is 0.222. The van der Waals surface area contributed by atoms with Gasteiger partial charge in [-0.2, -0.15) is 0 Å². The average molecular weight is 310 g/mol. The van der Waals surface area contributed by atoms with Gasteiger partial charge in [-0.1, -0.05) is 30.3 Å². The summed E-state index contributed by atoms with van der Waals surface area (Å²) >= 11 is 0. The van der Waals surface area contributed by atoms with E-state index in [0.717, 1.165) is 5.56 Å². The van der Waals surface area contributed by atoms with Gasteiger partial charge in [0.05, 0.1) is 5.92 Å². The highest BCUT2D eigenvalue weighted by atomic mass is 16.3. The minimum atomic E-state index is -0.347. The molecule has 0 saturated carbocycles. The molecule has 118 valence electrons. The third-order valence-corrected chi connectivity index (χ3v) is 3.97. The van der Waals surface area contributed by atoms with Gasteiger partial charge in [0.15, 0.2) is 0 Å². The van der Waals surface area contributed by atoms with Crippen LogP contribution in [-0.2, 0) is 16.1 Å². The van der Waals surface area contributed by atoms with Gasteiger partial charge in [-0.25, -0.2) is 0 Å². The number of amides is 2. The molecule has 1 aliphatic rings. The Labute approximate surface area is 134 Å². The average Bonchev–Trinajstić information content (AvgIpc) is 2.96. The SMILES string of the molecule is O=C(NCc1ccccc1)[C@@H]1CC(=O)N(c2ccc(O)cc2)C1. The monoisotopic (exact) mass is 310 g/mol. The van der Waals surface area contributed by atoms with Gasteiger partial charge < -0.3 is 15.3 Å². The summed E-state index contributed by atoms with van der Waals surface area (Å²) in [6, 6.07) is 16.1. The van der Waals surface area contributed by atoms with Crippen LogP contribution in [0.2, 0.25) is 0 Å². The number of aromatic hydroxyl groups is 1. The third-order valence-electron chi connectivity index (χ3n) is 3.97. The zero-order chi connectivity index (χ0) is 16.2. The van der Waals surface area contributed by atoms with E-state index in [1.165, 1.54) is 12.1 Å². The zero-order valence-corrected chi connectivity index (χ0v) is 12.6. The molecule has 0 aliphatic carbocycles. The van der Waals surface area contributed by atoms with Crippen molar-refractivity contribution in [1.82, 2.24) is 5.32 Å². The van der Waals surface area contributed by atoms with Crippen molar-refractivity contribution in [3.05, 3.63) is 60.2 Å². The Hall–Kier alpha value is -2.82. The van der Waals surface area contributed by atoms with Crippen molar-refractivity contribution < 1.29 is 14.7 Å². The molecule has 1 fully saturated rings. The first-order valence-corrected chi connectivity index (χ1v) is 7.54. The molecule has 2 aromatic rings. The van der Waals surface area contributed by atoms with E-state index in [1.54, 1.807) is 17.0 Å². The topological polar surface area (TPSA) is 69.6 Å². The lowest BCUT2D eigenvalue weighted by Crippen LogP contribution is -2.32. The molecular formula is C18H18N2O3. The van der Waals surface area contributed by atoms with Gasteiger partial charge in [-0.15, -0.1) is 0 Å². The van der Waals surface area contributed by atoms with Gasteiger partial charge in [0.25, 0.3) is 0 Å². The van der Waals surface area contributed by atoms with Crippen LogP contribution >= 0.6 is 0 Å². The summed E-state index contributed by atoms with van der Waals surface area (Å²) in [4.78, 5) is 26.0. The van der Waals surface area contributed by atoms with Gasteiger partial charge in [0.1, 0.15) is 5.75 Å². The fourth-order valence-electron chi connectivity index (χ4n) is 2.69. The van der Waals surface area contributed by atoms with E-state index in [9.17, 15) is 14.7 Å².